The summed E-state index contributed by atoms with van der Waals surface area (Å²) in [5, 5.41) is 4.03. The van der Waals surface area contributed by atoms with E-state index < -0.39 is 0 Å². The van der Waals surface area contributed by atoms with Gasteiger partial charge in [0, 0.05) is 18.9 Å². The van der Waals surface area contributed by atoms with Crippen LogP contribution in [0.1, 0.15) is 12.0 Å². The molecule has 1 N–H and O–H groups in total. The molecule has 3 heterocycles. The van der Waals surface area contributed by atoms with Gasteiger partial charge < -0.3 is 10.2 Å². The molecule has 0 aliphatic carbocycles. The lowest BCUT2D eigenvalue weighted by atomic mass is 10.00. The highest BCUT2D eigenvalue weighted by Gasteiger charge is 2.19. The minimum atomic E-state index is -0.231. The van der Waals surface area contributed by atoms with Crippen molar-refractivity contribution in [3.8, 4) is 10.4 Å². The number of anilines is 2. The van der Waals surface area contributed by atoms with Crippen molar-refractivity contribution < 1.29 is 4.39 Å². The van der Waals surface area contributed by atoms with E-state index in [0.29, 0.717) is 0 Å². The first-order valence-corrected chi connectivity index (χ1v) is 9.59. The van der Waals surface area contributed by atoms with Gasteiger partial charge in [-0.25, -0.2) is 14.4 Å². The predicted molar refractivity (Wildman–Crippen MR) is 104 cm³/mol. The van der Waals surface area contributed by atoms with Crippen LogP contribution in [-0.4, -0.2) is 35.0 Å². The third kappa shape index (κ3) is 4.08. The third-order valence-electron chi connectivity index (χ3n) is 4.71. The van der Waals surface area contributed by atoms with E-state index in [1.807, 2.05) is 12.3 Å². The number of hydrogen-bond donors (Lipinski definition) is 1. The van der Waals surface area contributed by atoms with Crippen LogP contribution in [0.25, 0.3) is 10.4 Å². The molecule has 6 heteroatoms. The number of halogens is 1. The largest absolute Gasteiger partial charge is 0.316 e. The molecule has 1 aromatic carbocycles. The summed E-state index contributed by atoms with van der Waals surface area (Å²) in [5.41, 5.74) is 2.24. The number of rotatable bonds is 5. The summed E-state index contributed by atoms with van der Waals surface area (Å²) >= 11 is 1.53. The topological polar surface area (TPSA) is 41.0 Å². The van der Waals surface area contributed by atoms with Crippen molar-refractivity contribution in [3.05, 3.63) is 60.2 Å². The van der Waals surface area contributed by atoms with Crippen LogP contribution in [0.4, 0.5) is 15.3 Å². The van der Waals surface area contributed by atoms with Gasteiger partial charge in [-0.15, -0.1) is 0 Å². The van der Waals surface area contributed by atoms with E-state index in [4.69, 9.17) is 0 Å². The van der Waals surface area contributed by atoms with Gasteiger partial charge in [-0.05, 0) is 61.7 Å². The number of benzene rings is 1. The van der Waals surface area contributed by atoms with E-state index in [2.05, 4.69) is 33.3 Å². The standard InChI is InChI=1S/C20H21FN4S/c1-25-9-8-15(13-25)10-14-2-7-19(22-11-14)24-20-23-12-18(26-20)16-3-5-17(21)6-4-16/h2-7,11-12,15H,8-10,13H2,1H3,(H,22,23,24). The van der Waals surface area contributed by atoms with Crippen LogP contribution in [0.5, 0.6) is 0 Å². The van der Waals surface area contributed by atoms with Crippen LogP contribution in [0.2, 0.25) is 0 Å². The molecular weight excluding hydrogens is 347 g/mol. The Labute approximate surface area is 156 Å². The summed E-state index contributed by atoms with van der Waals surface area (Å²) in [7, 11) is 2.18. The molecule has 0 spiro atoms. The van der Waals surface area contributed by atoms with Gasteiger partial charge in [0.05, 0.1) is 4.88 Å². The maximum Gasteiger partial charge on any atom is 0.188 e. The summed E-state index contributed by atoms with van der Waals surface area (Å²) in [6.07, 6.45) is 6.10. The van der Waals surface area contributed by atoms with Crippen LogP contribution in [0, 0.1) is 11.7 Å². The van der Waals surface area contributed by atoms with Gasteiger partial charge >= 0.3 is 0 Å². The molecule has 2 aromatic heterocycles. The normalized spacial score (nSPS) is 17.5. The zero-order valence-corrected chi connectivity index (χ0v) is 15.5. The Bertz CT molecular complexity index is 860. The van der Waals surface area contributed by atoms with Crippen molar-refractivity contribution >= 4 is 22.3 Å². The van der Waals surface area contributed by atoms with Crippen LogP contribution in [-0.2, 0) is 6.42 Å². The number of thiazole rings is 1. The molecule has 1 saturated heterocycles. The lowest BCUT2D eigenvalue weighted by molar-refractivity contribution is 0.394. The molecule has 1 fully saturated rings. The highest BCUT2D eigenvalue weighted by molar-refractivity contribution is 7.18. The first-order chi connectivity index (χ1) is 12.7. The van der Waals surface area contributed by atoms with Crippen LogP contribution < -0.4 is 5.32 Å². The lowest BCUT2D eigenvalue weighted by Crippen LogP contribution is -2.15. The molecule has 26 heavy (non-hydrogen) atoms. The smallest absolute Gasteiger partial charge is 0.188 e. The lowest BCUT2D eigenvalue weighted by Gasteiger charge is -2.10. The van der Waals surface area contributed by atoms with E-state index in [0.717, 1.165) is 33.7 Å². The minimum absolute atomic E-state index is 0.231. The van der Waals surface area contributed by atoms with Crippen molar-refractivity contribution in [3.63, 3.8) is 0 Å². The molecule has 0 radical (unpaired) electrons. The van der Waals surface area contributed by atoms with Crippen LogP contribution in [0.3, 0.4) is 0 Å². The summed E-state index contributed by atoms with van der Waals surface area (Å²) in [5.74, 6) is 1.29. The molecule has 1 aliphatic rings. The fraction of sp³-hybridized carbons (Fsp3) is 0.300. The van der Waals surface area contributed by atoms with E-state index in [1.165, 1.54) is 48.5 Å². The number of nitrogens with one attached hydrogen (secondary N) is 1. The SMILES string of the molecule is CN1CCC(Cc2ccc(Nc3ncc(-c4ccc(F)cc4)s3)nc2)C1. The van der Waals surface area contributed by atoms with Crippen molar-refractivity contribution in [2.45, 2.75) is 12.8 Å². The Morgan fingerprint density at radius 1 is 1.15 bits per heavy atom. The van der Waals surface area contributed by atoms with Crippen molar-refractivity contribution in [2.75, 3.05) is 25.5 Å². The number of pyridine rings is 1. The fourth-order valence-electron chi connectivity index (χ4n) is 3.33. The third-order valence-corrected chi connectivity index (χ3v) is 5.67. The fourth-order valence-corrected chi connectivity index (χ4v) is 4.16. The summed E-state index contributed by atoms with van der Waals surface area (Å²) < 4.78 is 13.0. The van der Waals surface area contributed by atoms with Gasteiger partial charge in [0.15, 0.2) is 5.13 Å². The van der Waals surface area contributed by atoms with Gasteiger partial charge in [-0.1, -0.05) is 29.5 Å². The first-order valence-electron chi connectivity index (χ1n) is 8.78. The molecule has 0 saturated carbocycles. The highest BCUT2D eigenvalue weighted by Crippen LogP contribution is 2.30. The maximum atomic E-state index is 13.0. The highest BCUT2D eigenvalue weighted by atomic mass is 32.1. The second-order valence-corrected chi connectivity index (χ2v) is 7.86. The van der Waals surface area contributed by atoms with Gasteiger partial charge in [-0.2, -0.15) is 0 Å². The molecule has 3 aromatic rings. The van der Waals surface area contributed by atoms with E-state index >= 15 is 0 Å². The molecule has 0 amide bonds. The Morgan fingerprint density at radius 3 is 2.69 bits per heavy atom. The number of likely N-dealkylation sites (tertiary alicyclic amines) is 1. The zero-order valence-electron chi connectivity index (χ0n) is 14.7. The number of nitrogens with zero attached hydrogens (tertiary/aromatic N) is 3. The van der Waals surface area contributed by atoms with E-state index in [-0.39, 0.29) is 5.82 Å². The average molecular weight is 368 g/mol. The molecule has 4 nitrogen and oxygen atoms in total. The zero-order chi connectivity index (χ0) is 17.9. The Kier molecular flexibility index (Phi) is 4.95. The van der Waals surface area contributed by atoms with Gasteiger partial charge in [0.1, 0.15) is 11.6 Å². The Hall–Kier alpha value is -2.31. The number of aromatic nitrogens is 2. The predicted octanol–water partition coefficient (Wildman–Crippen LogP) is 4.58. The molecule has 4 rings (SSSR count). The van der Waals surface area contributed by atoms with Gasteiger partial charge in [-0.3, -0.25) is 0 Å². The molecule has 0 bridgehead atoms. The van der Waals surface area contributed by atoms with Crippen molar-refractivity contribution in [1.29, 1.82) is 0 Å². The molecular formula is C20H21FN4S. The summed E-state index contributed by atoms with van der Waals surface area (Å²) in [6.45, 7) is 2.36. The molecule has 134 valence electrons. The second-order valence-electron chi connectivity index (χ2n) is 6.83. The number of hydrogen-bond acceptors (Lipinski definition) is 5. The van der Waals surface area contributed by atoms with Crippen LogP contribution in [0.15, 0.2) is 48.8 Å². The van der Waals surface area contributed by atoms with Crippen molar-refractivity contribution in [2.24, 2.45) is 5.92 Å². The molecule has 1 aliphatic heterocycles. The van der Waals surface area contributed by atoms with Gasteiger partial charge in [0.2, 0.25) is 0 Å². The quantitative estimate of drug-likeness (QED) is 0.716. The Balaban J connectivity index is 1.39. The summed E-state index contributed by atoms with van der Waals surface area (Å²) in [4.78, 5) is 12.3. The molecule has 1 atom stereocenters. The monoisotopic (exact) mass is 368 g/mol. The van der Waals surface area contributed by atoms with E-state index in [1.54, 1.807) is 18.3 Å². The van der Waals surface area contributed by atoms with Gasteiger partial charge in [0.25, 0.3) is 0 Å². The maximum absolute atomic E-state index is 13.0. The second kappa shape index (κ2) is 7.51. The average Bonchev–Trinajstić information content (AvgIpc) is 3.26. The molecule has 1 unspecified atom stereocenters. The van der Waals surface area contributed by atoms with Crippen molar-refractivity contribution in [1.82, 2.24) is 14.9 Å². The van der Waals surface area contributed by atoms with E-state index in [9.17, 15) is 4.39 Å². The first kappa shape index (κ1) is 17.1. The Morgan fingerprint density at radius 2 is 2.00 bits per heavy atom. The van der Waals surface area contributed by atoms with Crippen LogP contribution >= 0.6 is 11.3 Å². The minimum Gasteiger partial charge on any atom is -0.316 e. The summed E-state index contributed by atoms with van der Waals surface area (Å²) in [6, 6.07) is 10.6.